The Bertz CT molecular complexity index is 762. The number of carbonyl (C=O) groups is 2. The summed E-state index contributed by atoms with van der Waals surface area (Å²) in [5.74, 6) is -0.348. The maximum absolute atomic E-state index is 12.9. The van der Waals surface area contributed by atoms with Gasteiger partial charge >= 0.3 is 0 Å². The number of nitrogens with zero attached hydrogens (tertiary/aromatic N) is 1. The lowest BCUT2D eigenvalue weighted by Crippen LogP contribution is -2.31. The monoisotopic (exact) mass is 360 g/mol. The zero-order valence-electron chi connectivity index (χ0n) is 13.5. The molecular weight excluding hydrogens is 343 g/mol. The van der Waals surface area contributed by atoms with E-state index in [-0.39, 0.29) is 23.5 Å². The summed E-state index contributed by atoms with van der Waals surface area (Å²) in [7, 11) is 0. The summed E-state index contributed by atoms with van der Waals surface area (Å²) in [5.41, 5.74) is 1.43. The molecule has 1 atom stereocenters. The zero-order valence-corrected chi connectivity index (χ0v) is 14.3. The summed E-state index contributed by atoms with van der Waals surface area (Å²) in [5, 5.41) is 3.44. The highest BCUT2D eigenvalue weighted by molar-refractivity contribution is 6.30. The Labute approximate surface area is 150 Å². The molecule has 3 rings (SSSR count). The molecule has 1 unspecified atom stereocenters. The van der Waals surface area contributed by atoms with Gasteiger partial charge in [-0.3, -0.25) is 9.59 Å². The first kappa shape index (κ1) is 17.4. The van der Waals surface area contributed by atoms with Crippen molar-refractivity contribution in [2.24, 2.45) is 5.92 Å². The van der Waals surface area contributed by atoms with Crippen molar-refractivity contribution >= 4 is 23.4 Å². The van der Waals surface area contributed by atoms with E-state index in [1.165, 1.54) is 12.1 Å². The largest absolute Gasteiger partial charge is 0.352 e. The summed E-state index contributed by atoms with van der Waals surface area (Å²) < 4.78 is 12.9. The molecule has 0 spiro atoms. The first-order valence-corrected chi connectivity index (χ1v) is 8.45. The molecule has 6 heteroatoms. The molecule has 0 radical (unpaired) electrons. The fourth-order valence-corrected chi connectivity index (χ4v) is 3.02. The van der Waals surface area contributed by atoms with Gasteiger partial charge in [-0.25, -0.2) is 4.39 Å². The minimum atomic E-state index is -0.292. The van der Waals surface area contributed by atoms with Crippen molar-refractivity contribution in [2.75, 3.05) is 13.1 Å². The average Bonchev–Trinajstić information content (AvgIpc) is 2.95. The minimum Gasteiger partial charge on any atom is -0.352 e. The molecule has 0 bridgehead atoms. The molecule has 0 saturated carbocycles. The number of carbonyl (C=O) groups excluding carboxylic acids is 2. The Kier molecular flexibility index (Phi) is 5.34. The number of hydrogen-bond donors (Lipinski definition) is 1. The molecule has 1 fully saturated rings. The number of likely N-dealkylation sites (tertiary alicyclic amines) is 1. The van der Waals surface area contributed by atoms with Gasteiger partial charge in [0.25, 0.3) is 5.91 Å². The Balaban J connectivity index is 1.51. The van der Waals surface area contributed by atoms with E-state index in [1.807, 2.05) is 0 Å². The van der Waals surface area contributed by atoms with Gasteiger partial charge in [-0.1, -0.05) is 23.7 Å². The second-order valence-electron chi connectivity index (χ2n) is 6.19. The third-order valence-corrected chi connectivity index (χ3v) is 4.49. The van der Waals surface area contributed by atoms with Gasteiger partial charge in [0.15, 0.2) is 0 Å². The molecule has 2 aromatic carbocycles. The summed E-state index contributed by atoms with van der Waals surface area (Å²) in [6.45, 7) is 1.48. The minimum absolute atomic E-state index is 0.0510. The van der Waals surface area contributed by atoms with Crippen LogP contribution in [-0.2, 0) is 11.3 Å². The van der Waals surface area contributed by atoms with Crippen LogP contribution in [0.3, 0.4) is 0 Å². The lowest BCUT2D eigenvalue weighted by atomic mass is 10.1. The van der Waals surface area contributed by atoms with Gasteiger partial charge < -0.3 is 10.2 Å². The number of rotatable bonds is 5. The first-order valence-electron chi connectivity index (χ1n) is 8.07. The van der Waals surface area contributed by atoms with Crippen LogP contribution >= 0.6 is 11.6 Å². The van der Waals surface area contributed by atoms with Crippen molar-refractivity contribution in [1.29, 1.82) is 0 Å². The first-order chi connectivity index (χ1) is 12.0. The second-order valence-corrected chi connectivity index (χ2v) is 6.62. The van der Waals surface area contributed by atoms with E-state index in [2.05, 4.69) is 5.32 Å². The summed E-state index contributed by atoms with van der Waals surface area (Å²) >= 11 is 5.81. The normalized spacial score (nSPS) is 17.0. The molecular formula is C19H18ClFN2O2. The van der Waals surface area contributed by atoms with Crippen molar-refractivity contribution < 1.29 is 14.0 Å². The Hall–Kier alpha value is -2.40. The molecule has 1 heterocycles. The fourth-order valence-electron chi connectivity index (χ4n) is 2.89. The van der Waals surface area contributed by atoms with Crippen LogP contribution in [0.25, 0.3) is 0 Å². The lowest BCUT2D eigenvalue weighted by molar-refractivity contribution is -0.128. The van der Waals surface area contributed by atoms with Crippen molar-refractivity contribution in [1.82, 2.24) is 10.2 Å². The molecule has 25 heavy (non-hydrogen) atoms. The van der Waals surface area contributed by atoms with E-state index in [0.717, 1.165) is 5.56 Å². The smallest absolute Gasteiger partial charge is 0.251 e. The van der Waals surface area contributed by atoms with Gasteiger partial charge in [0, 0.05) is 42.6 Å². The van der Waals surface area contributed by atoms with Gasteiger partial charge in [-0.05, 0) is 42.0 Å². The van der Waals surface area contributed by atoms with Crippen molar-refractivity contribution in [2.45, 2.75) is 13.0 Å². The number of halogens is 2. The van der Waals surface area contributed by atoms with E-state index >= 15 is 0 Å². The Morgan fingerprint density at radius 2 is 1.84 bits per heavy atom. The van der Waals surface area contributed by atoms with E-state index < -0.39 is 0 Å². The van der Waals surface area contributed by atoms with Crippen LogP contribution in [0.5, 0.6) is 0 Å². The van der Waals surface area contributed by atoms with Gasteiger partial charge in [0.1, 0.15) is 5.82 Å². The zero-order chi connectivity index (χ0) is 17.8. The van der Waals surface area contributed by atoms with Gasteiger partial charge in [0.05, 0.1) is 0 Å². The fraction of sp³-hybridized carbons (Fsp3) is 0.263. The number of amides is 2. The second kappa shape index (κ2) is 7.66. The van der Waals surface area contributed by atoms with Crippen molar-refractivity contribution in [3.8, 4) is 0 Å². The van der Waals surface area contributed by atoms with Gasteiger partial charge in [0.2, 0.25) is 5.91 Å². The lowest BCUT2D eigenvalue weighted by Gasteiger charge is -2.17. The number of hydrogen-bond acceptors (Lipinski definition) is 2. The molecule has 130 valence electrons. The summed E-state index contributed by atoms with van der Waals surface area (Å²) in [6.07, 6.45) is 0.405. The molecule has 2 amide bonds. The molecule has 1 aliphatic heterocycles. The van der Waals surface area contributed by atoms with Crippen LogP contribution in [0.4, 0.5) is 4.39 Å². The molecule has 1 saturated heterocycles. The van der Waals surface area contributed by atoms with E-state index in [0.29, 0.717) is 36.6 Å². The SMILES string of the molecule is O=C(NCC1CC(=O)N(Cc2ccc(F)cc2)C1)c1ccc(Cl)cc1. The maximum atomic E-state index is 12.9. The molecule has 1 aliphatic rings. The average molecular weight is 361 g/mol. The maximum Gasteiger partial charge on any atom is 0.251 e. The number of benzene rings is 2. The van der Waals surface area contributed by atoms with Crippen LogP contribution < -0.4 is 5.32 Å². The molecule has 4 nitrogen and oxygen atoms in total. The van der Waals surface area contributed by atoms with Crippen LogP contribution in [0.2, 0.25) is 5.02 Å². The predicted octanol–water partition coefficient (Wildman–Crippen LogP) is 3.26. The quantitative estimate of drug-likeness (QED) is 0.889. The number of nitrogens with one attached hydrogen (secondary N) is 1. The van der Waals surface area contributed by atoms with Crippen molar-refractivity contribution in [3.05, 3.63) is 70.5 Å². The van der Waals surface area contributed by atoms with Crippen LogP contribution in [0.15, 0.2) is 48.5 Å². The molecule has 0 aliphatic carbocycles. The Morgan fingerprint density at radius 3 is 2.52 bits per heavy atom. The van der Waals surface area contributed by atoms with Crippen LogP contribution in [0.1, 0.15) is 22.3 Å². The highest BCUT2D eigenvalue weighted by Crippen LogP contribution is 2.20. The van der Waals surface area contributed by atoms with E-state index in [4.69, 9.17) is 11.6 Å². The standard InChI is InChI=1S/C19H18ClFN2O2/c20-16-5-3-15(4-6-16)19(25)22-10-14-9-18(24)23(12-14)11-13-1-7-17(21)8-2-13/h1-8,14H,9-12H2,(H,22,25). The van der Waals surface area contributed by atoms with Crippen LogP contribution in [-0.4, -0.2) is 29.8 Å². The van der Waals surface area contributed by atoms with Crippen molar-refractivity contribution in [3.63, 3.8) is 0 Å². The van der Waals surface area contributed by atoms with E-state index in [9.17, 15) is 14.0 Å². The topological polar surface area (TPSA) is 49.4 Å². The van der Waals surface area contributed by atoms with Gasteiger partial charge in [-0.15, -0.1) is 0 Å². The summed E-state index contributed by atoms with van der Waals surface area (Å²) in [6, 6.07) is 12.8. The summed E-state index contributed by atoms with van der Waals surface area (Å²) in [4.78, 5) is 26.0. The predicted molar refractivity (Wildman–Crippen MR) is 93.7 cm³/mol. The molecule has 0 aromatic heterocycles. The molecule has 2 aromatic rings. The van der Waals surface area contributed by atoms with Gasteiger partial charge in [-0.2, -0.15) is 0 Å². The third-order valence-electron chi connectivity index (χ3n) is 4.24. The Morgan fingerprint density at radius 1 is 1.16 bits per heavy atom. The van der Waals surface area contributed by atoms with Crippen LogP contribution in [0, 0.1) is 11.7 Å². The van der Waals surface area contributed by atoms with E-state index in [1.54, 1.807) is 41.3 Å². The highest BCUT2D eigenvalue weighted by atomic mass is 35.5. The highest BCUT2D eigenvalue weighted by Gasteiger charge is 2.29. The molecule has 1 N–H and O–H groups in total. The third kappa shape index (κ3) is 4.57.